The lowest BCUT2D eigenvalue weighted by molar-refractivity contribution is -0.137. The maximum atomic E-state index is 11.7. The molecule has 0 radical (unpaired) electrons. The number of carboxylic acids is 1. The minimum atomic E-state index is -0.915. The number of hydrogen-bond acceptors (Lipinski definition) is 3. The molecule has 1 aromatic carbocycles. The molecule has 0 aromatic heterocycles. The fraction of sp³-hybridized carbons (Fsp3) is 0.500. The molecule has 0 unspecified atom stereocenters. The average Bonchev–Trinajstić information content (AvgIpc) is 2.48. The highest BCUT2D eigenvalue weighted by Gasteiger charge is 2.09. The van der Waals surface area contributed by atoms with Crippen molar-refractivity contribution in [1.82, 2.24) is 10.2 Å². The summed E-state index contributed by atoms with van der Waals surface area (Å²) >= 11 is 0. The molecule has 2 amide bonds. The number of hydrogen-bond donors (Lipinski definition) is 2. The summed E-state index contributed by atoms with van der Waals surface area (Å²) in [5.74, 6) is -0.0496. The van der Waals surface area contributed by atoms with Crippen LogP contribution in [0.25, 0.3) is 0 Å². The summed E-state index contributed by atoms with van der Waals surface area (Å²) in [5, 5.41) is 11.3. The van der Waals surface area contributed by atoms with Crippen molar-refractivity contribution < 1.29 is 19.4 Å². The second-order valence-electron chi connectivity index (χ2n) is 5.20. The van der Waals surface area contributed by atoms with Crippen molar-refractivity contribution in [2.24, 2.45) is 0 Å². The first-order chi connectivity index (χ1) is 10.4. The van der Waals surface area contributed by atoms with Gasteiger partial charge in [0, 0.05) is 20.1 Å². The molecule has 1 aromatic rings. The molecule has 0 atom stereocenters. The fourth-order valence-electron chi connectivity index (χ4n) is 1.83. The van der Waals surface area contributed by atoms with Crippen molar-refractivity contribution in [3.05, 3.63) is 29.3 Å². The Labute approximate surface area is 131 Å². The van der Waals surface area contributed by atoms with Crippen LogP contribution in [0, 0.1) is 13.8 Å². The molecule has 0 aliphatic rings. The summed E-state index contributed by atoms with van der Waals surface area (Å²) in [6.07, 6.45) is 0.631. The third-order valence-electron chi connectivity index (χ3n) is 3.42. The Morgan fingerprint density at radius 1 is 1.32 bits per heavy atom. The zero-order valence-electron chi connectivity index (χ0n) is 13.4. The SMILES string of the molecule is Cc1cccc(OCCCNC(=O)N(C)CCC(=O)O)c1C. The van der Waals surface area contributed by atoms with Crippen molar-refractivity contribution in [2.75, 3.05) is 26.7 Å². The van der Waals surface area contributed by atoms with Gasteiger partial charge in [-0.3, -0.25) is 4.79 Å². The number of nitrogens with one attached hydrogen (secondary N) is 1. The number of aryl methyl sites for hydroxylation is 1. The summed E-state index contributed by atoms with van der Waals surface area (Å²) in [6, 6.07) is 5.65. The lowest BCUT2D eigenvalue weighted by Gasteiger charge is -2.17. The molecule has 122 valence electrons. The number of aliphatic carboxylic acids is 1. The summed E-state index contributed by atoms with van der Waals surface area (Å²) in [6.45, 7) is 5.25. The Morgan fingerprint density at radius 2 is 2.05 bits per heavy atom. The second kappa shape index (κ2) is 8.92. The molecule has 0 fully saturated rings. The van der Waals surface area contributed by atoms with E-state index in [4.69, 9.17) is 9.84 Å². The van der Waals surface area contributed by atoms with Gasteiger partial charge in [-0.2, -0.15) is 0 Å². The van der Waals surface area contributed by atoms with Gasteiger partial charge in [0.15, 0.2) is 0 Å². The Kier molecular flexibility index (Phi) is 7.22. The van der Waals surface area contributed by atoms with E-state index in [1.807, 2.05) is 32.0 Å². The Hall–Kier alpha value is -2.24. The Morgan fingerprint density at radius 3 is 2.73 bits per heavy atom. The normalized spacial score (nSPS) is 10.1. The van der Waals surface area contributed by atoms with Crippen molar-refractivity contribution in [3.63, 3.8) is 0 Å². The quantitative estimate of drug-likeness (QED) is 0.722. The molecule has 1 rings (SSSR count). The Balaban J connectivity index is 2.21. The van der Waals surface area contributed by atoms with Crippen molar-refractivity contribution in [2.45, 2.75) is 26.7 Å². The second-order valence-corrected chi connectivity index (χ2v) is 5.20. The standard InChI is InChI=1S/C16H24N2O4/c1-12-6-4-7-14(13(12)2)22-11-5-9-17-16(21)18(3)10-8-15(19)20/h4,6-7H,5,8-11H2,1-3H3,(H,17,21)(H,19,20). The molecule has 0 saturated carbocycles. The van der Waals surface area contributed by atoms with Crippen LogP contribution in [0.5, 0.6) is 5.75 Å². The maximum absolute atomic E-state index is 11.7. The lowest BCUT2D eigenvalue weighted by Crippen LogP contribution is -2.39. The molecule has 2 N–H and O–H groups in total. The molecular weight excluding hydrogens is 284 g/mol. The molecule has 0 bridgehead atoms. The van der Waals surface area contributed by atoms with Gasteiger partial charge in [-0.05, 0) is 37.5 Å². The molecule has 0 aliphatic carbocycles. The number of carbonyl (C=O) groups is 2. The molecule has 0 heterocycles. The van der Waals surface area contributed by atoms with Crippen molar-refractivity contribution in [3.8, 4) is 5.75 Å². The van der Waals surface area contributed by atoms with E-state index in [0.717, 1.165) is 11.3 Å². The number of rotatable bonds is 8. The first kappa shape index (κ1) is 17.8. The monoisotopic (exact) mass is 308 g/mol. The van der Waals surface area contributed by atoms with Crippen LogP contribution in [0.1, 0.15) is 24.0 Å². The first-order valence-electron chi connectivity index (χ1n) is 7.31. The predicted molar refractivity (Wildman–Crippen MR) is 84.3 cm³/mol. The van der Waals surface area contributed by atoms with Gasteiger partial charge < -0.3 is 20.1 Å². The number of amides is 2. The van der Waals surface area contributed by atoms with Crippen LogP contribution in [0.15, 0.2) is 18.2 Å². The van der Waals surface area contributed by atoms with E-state index < -0.39 is 5.97 Å². The van der Waals surface area contributed by atoms with Gasteiger partial charge in [-0.25, -0.2) is 4.79 Å². The molecule has 0 saturated heterocycles. The van der Waals surface area contributed by atoms with Crippen molar-refractivity contribution in [1.29, 1.82) is 0 Å². The fourth-order valence-corrected chi connectivity index (χ4v) is 1.83. The van der Waals surface area contributed by atoms with E-state index in [9.17, 15) is 9.59 Å². The van der Waals surface area contributed by atoms with Crippen molar-refractivity contribution >= 4 is 12.0 Å². The highest BCUT2D eigenvalue weighted by atomic mass is 16.5. The van der Waals surface area contributed by atoms with E-state index in [0.29, 0.717) is 19.6 Å². The number of carbonyl (C=O) groups excluding carboxylic acids is 1. The van der Waals surface area contributed by atoms with Crippen LogP contribution >= 0.6 is 0 Å². The third-order valence-corrected chi connectivity index (χ3v) is 3.42. The van der Waals surface area contributed by atoms with Gasteiger partial charge in [0.25, 0.3) is 0 Å². The topological polar surface area (TPSA) is 78.9 Å². The number of carboxylic acid groups (broad SMARTS) is 1. The van der Waals surface area contributed by atoms with E-state index in [-0.39, 0.29) is 19.0 Å². The summed E-state index contributed by atoms with van der Waals surface area (Å²) in [5.41, 5.74) is 2.31. The van der Waals surface area contributed by atoms with Crippen LogP contribution in [-0.2, 0) is 4.79 Å². The highest BCUT2D eigenvalue weighted by molar-refractivity contribution is 5.74. The third kappa shape index (κ3) is 6.03. The van der Waals surface area contributed by atoms with Crippen LogP contribution in [-0.4, -0.2) is 48.8 Å². The van der Waals surface area contributed by atoms with Crippen LogP contribution < -0.4 is 10.1 Å². The first-order valence-corrected chi connectivity index (χ1v) is 7.31. The van der Waals surface area contributed by atoms with E-state index in [1.165, 1.54) is 10.5 Å². The summed E-state index contributed by atoms with van der Waals surface area (Å²) in [4.78, 5) is 23.5. The van der Waals surface area contributed by atoms with E-state index in [2.05, 4.69) is 5.32 Å². The lowest BCUT2D eigenvalue weighted by atomic mass is 10.1. The van der Waals surface area contributed by atoms with Gasteiger partial charge >= 0.3 is 12.0 Å². The highest BCUT2D eigenvalue weighted by Crippen LogP contribution is 2.20. The molecule has 6 nitrogen and oxygen atoms in total. The van der Waals surface area contributed by atoms with Gasteiger partial charge in [0.1, 0.15) is 5.75 Å². The van der Waals surface area contributed by atoms with Gasteiger partial charge in [-0.15, -0.1) is 0 Å². The van der Waals surface area contributed by atoms with Crippen LogP contribution in [0.3, 0.4) is 0 Å². The molecular formula is C16H24N2O4. The Bertz CT molecular complexity index is 517. The van der Waals surface area contributed by atoms with Gasteiger partial charge in [0.05, 0.1) is 13.0 Å². The molecule has 0 aliphatic heterocycles. The predicted octanol–water partition coefficient (Wildman–Crippen LogP) is 2.19. The average molecular weight is 308 g/mol. The minimum absolute atomic E-state index is 0.0559. The zero-order valence-corrected chi connectivity index (χ0v) is 13.4. The zero-order chi connectivity index (χ0) is 16.5. The number of nitrogens with zero attached hydrogens (tertiary/aromatic N) is 1. The maximum Gasteiger partial charge on any atom is 0.317 e. The van der Waals surface area contributed by atoms with E-state index in [1.54, 1.807) is 7.05 Å². The minimum Gasteiger partial charge on any atom is -0.493 e. The molecule has 0 spiro atoms. The summed E-state index contributed by atoms with van der Waals surface area (Å²) < 4.78 is 5.70. The largest absolute Gasteiger partial charge is 0.493 e. The van der Waals surface area contributed by atoms with E-state index >= 15 is 0 Å². The number of benzene rings is 1. The molecule has 6 heteroatoms. The van der Waals surface area contributed by atoms with Gasteiger partial charge in [-0.1, -0.05) is 12.1 Å². The smallest absolute Gasteiger partial charge is 0.317 e. The van der Waals surface area contributed by atoms with Crippen LogP contribution in [0.2, 0.25) is 0 Å². The molecule has 22 heavy (non-hydrogen) atoms. The van der Waals surface area contributed by atoms with Crippen LogP contribution in [0.4, 0.5) is 4.79 Å². The van der Waals surface area contributed by atoms with Gasteiger partial charge in [0.2, 0.25) is 0 Å². The summed E-state index contributed by atoms with van der Waals surface area (Å²) in [7, 11) is 1.57. The number of ether oxygens (including phenoxy) is 1. The number of urea groups is 1.